The van der Waals surface area contributed by atoms with E-state index in [1.807, 2.05) is 66.9 Å². The van der Waals surface area contributed by atoms with Gasteiger partial charge in [-0.1, -0.05) is 48.5 Å². The Morgan fingerprint density at radius 2 is 1.70 bits per heavy atom. The molecule has 10 heteroatoms. The Morgan fingerprint density at radius 3 is 2.40 bits per heavy atom. The summed E-state index contributed by atoms with van der Waals surface area (Å²) in [5, 5.41) is 23.6. The Balaban J connectivity index is 1.46. The van der Waals surface area contributed by atoms with Gasteiger partial charge in [-0.15, -0.1) is 11.3 Å². The van der Waals surface area contributed by atoms with E-state index in [0.717, 1.165) is 27.6 Å². The highest BCUT2D eigenvalue weighted by molar-refractivity contribution is 7.09. The van der Waals surface area contributed by atoms with E-state index in [9.17, 15) is 14.7 Å². The molecule has 0 radical (unpaired) electrons. The molecule has 0 bridgehead atoms. The van der Waals surface area contributed by atoms with Crippen molar-refractivity contribution >= 4 is 23.2 Å². The Labute approximate surface area is 257 Å². The first-order valence-electron chi connectivity index (χ1n) is 14.1. The van der Waals surface area contributed by atoms with E-state index in [4.69, 9.17) is 4.74 Å². The number of aliphatic hydroxyl groups excluding tert-OH is 1. The van der Waals surface area contributed by atoms with Gasteiger partial charge in [0.2, 0.25) is 0 Å². The Morgan fingerprint density at radius 1 is 0.977 bits per heavy atom. The monoisotopic (exact) mass is 601 g/mol. The molecule has 2 atom stereocenters. The normalized spacial score (nSPS) is 12.5. The molecule has 43 heavy (non-hydrogen) atoms. The number of benzene rings is 3. The summed E-state index contributed by atoms with van der Waals surface area (Å²) in [6, 6.07) is 23.5. The average molecular weight is 602 g/mol. The van der Waals surface area contributed by atoms with Crippen molar-refractivity contribution in [1.82, 2.24) is 25.6 Å². The molecule has 1 heterocycles. The molecule has 4 rings (SSSR count). The Bertz CT molecular complexity index is 1490. The molecule has 3 aromatic carbocycles. The molecule has 0 aliphatic rings. The van der Waals surface area contributed by atoms with E-state index in [2.05, 4.69) is 15.6 Å². The minimum absolute atomic E-state index is 0.241. The summed E-state index contributed by atoms with van der Waals surface area (Å²) in [5.74, 6) is 0.159. The van der Waals surface area contributed by atoms with Crippen LogP contribution in [0.25, 0.3) is 0 Å². The molecule has 0 saturated heterocycles. The van der Waals surface area contributed by atoms with E-state index in [0.29, 0.717) is 30.6 Å². The number of nitrogens with zero attached hydrogens (tertiary/aromatic N) is 3. The van der Waals surface area contributed by atoms with E-state index in [-0.39, 0.29) is 18.4 Å². The number of carbonyl (C=O) groups is 2. The van der Waals surface area contributed by atoms with Crippen LogP contribution in [0, 0.1) is 6.92 Å². The standard InChI is InChI=1S/C33H39N5O4S/c1-23-22-43-31(35-23)21-38(37(2)3)33(41)27-14-9-13-26(18-27)32(40)36-29(17-24-10-6-5-7-11-24)30(39)20-34-19-25-12-8-15-28(16-25)42-4/h5-16,18,22,29-30,34,39H,17,19-21H2,1-4H3,(H,36,40)/t29-,30+/m0/s1. The van der Waals surface area contributed by atoms with Crippen LogP contribution in [0.4, 0.5) is 0 Å². The number of nitrogens with one attached hydrogen (secondary N) is 2. The number of hydrogen-bond donors (Lipinski definition) is 3. The molecule has 0 unspecified atom stereocenters. The average Bonchev–Trinajstić information content (AvgIpc) is 3.44. The van der Waals surface area contributed by atoms with Crippen LogP contribution in [0.3, 0.4) is 0 Å². The minimum atomic E-state index is -0.870. The predicted molar refractivity (Wildman–Crippen MR) is 169 cm³/mol. The summed E-state index contributed by atoms with van der Waals surface area (Å²) in [4.78, 5) is 31.5. The number of thiazole rings is 1. The molecule has 9 nitrogen and oxygen atoms in total. The third kappa shape index (κ3) is 9.20. The molecule has 1 aromatic heterocycles. The lowest BCUT2D eigenvalue weighted by molar-refractivity contribution is 0.0154. The topological polar surface area (TPSA) is 107 Å². The number of hydrazine groups is 1. The van der Waals surface area contributed by atoms with Gasteiger partial charge in [0.1, 0.15) is 10.8 Å². The lowest BCUT2D eigenvalue weighted by Crippen LogP contribution is -2.48. The van der Waals surface area contributed by atoms with E-state index < -0.39 is 12.1 Å². The molecule has 4 aromatic rings. The summed E-state index contributed by atoms with van der Waals surface area (Å²) < 4.78 is 5.29. The molecule has 0 spiro atoms. The van der Waals surface area contributed by atoms with Gasteiger partial charge in [-0.2, -0.15) is 0 Å². The largest absolute Gasteiger partial charge is 0.497 e. The van der Waals surface area contributed by atoms with Gasteiger partial charge >= 0.3 is 0 Å². The maximum Gasteiger partial charge on any atom is 0.268 e. The predicted octanol–water partition coefficient (Wildman–Crippen LogP) is 4.07. The van der Waals surface area contributed by atoms with Gasteiger partial charge in [0.25, 0.3) is 11.8 Å². The SMILES string of the molecule is COc1cccc(CNC[C@@H](O)[C@H](Cc2ccccc2)NC(=O)c2cccc(C(=O)N(Cc3nc(C)cs3)N(C)C)c2)c1. The number of methoxy groups -OCH3 is 1. The second-order valence-electron chi connectivity index (χ2n) is 10.5. The van der Waals surface area contributed by atoms with Crippen LogP contribution in [-0.4, -0.2) is 71.8 Å². The fraction of sp³-hybridized carbons (Fsp3) is 0.303. The molecular weight excluding hydrogens is 562 g/mol. The molecule has 0 fully saturated rings. The molecule has 0 aliphatic carbocycles. The summed E-state index contributed by atoms with van der Waals surface area (Å²) in [6.45, 7) is 3.05. The molecule has 226 valence electrons. The second kappa shape index (κ2) is 15.4. The number of rotatable bonds is 14. The van der Waals surface area contributed by atoms with Crippen LogP contribution in [0.1, 0.15) is 42.5 Å². The van der Waals surface area contributed by atoms with Gasteiger partial charge in [-0.3, -0.25) is 14.6 Å². The lowest BCUT2D eigenvalue weighted by Gasteiger charge is -2.28. The summed E-state index contributed by atoms with van der Waals surface area (Å²) in [5.41, 5.74) is 3.64. The van der Waals surface area contributed by atoms with Gasteiger partial charge in [-0.25, -0.2) is 9.99 Å². The first-order chi connectivity index (χ1) is 20.7. The smallest absolute Gasteiger partial charge is 0.268 e. The molecule has 3 N–H and O–H groups in total. The van der Waals surface area contributed by atoms with Gasteiger partial charge in [0.05, 0.1) is 25.8 Å². The lowest BCUT2D eigenvalue weighted by atomic mass is 10.00. The van der Waals surface area contributed by atoms with Gasteiger partial charge in [0.15, 0.2) is 0 Å². The molecule has 0 saturated carbocycles. The molecular formula is C33H39N5O4S. The van der Waals surface area contributed by atoms with Crippen molar-refractivity contribution in [1.29, 1.82) is 0 Å². The van der Waals surface area contributed by atoms with Crippen molar-refractivity contribution in [3.8, 4) is 5.75 Å². The maximum atomic E-state index is 13.5. The number of carbonyl (C=O) groups excluding carboxylic acids is 2. The maximum absolute atomic E-state index is 13.5. The van der Waals surface area contributed by atoms with E-state index >= 15 is 0 Å². The van der Waals surface area contributed by atoms with Crippen molar-refractivity contribution in [3.63, 3.8) is 0 Å². The first kappa shape index (κ1) is 31.8. The zero-order chi connectivity index (χ0) is 30.8. The van der Waals surface area contributed by atoms with E-state index in [1.165, 1.54) is 11.3 Å². The fourth-order valence-electron chi connectivity index (χ4n) is 4.63. The van der Waals surface area contributed by atoms with Crippen LogP contribution in [0.15, 0.2) is 84.2 Å². The van der Waals surface area contributed by atoms with Crippen LogP contribution in [0.2, 0.25) is 0 Å². The van der Waals surface area contributed by atoms with Crippen molar-refractivity contribution < 1.29 is 19.4 Å². The van der Waals surface area contributed by atoms with Crippen LogP contribution < -0.4 is 15.4 Å². The number of aryl methyl sites for hydroxylation is 1. The highest BCUT2D eigenvalue weighted by Crippen LogP contribution is 2.17. The van der Waals surface area contributed by atoms with Crippen LogP contribution in [-0.2, 0) is 19.5 Å². The minimum Gasteiger partial charge on any atom is -0.497 e. The second-order valence-corrected chi connectivity index (χ2v) is 11.4. The van der Waals surface area contributed by atoms with Gasteiger partial charge in [-0.05, 0) is 54.8 Å². The zero-order valence-corrected chi connectivity index (χ0v) is 25.8. The van der Waals surface area contributed by atoms with Gasteiger partial charge in [0, 0.05) is 49.4 Å². The Hall–Kier alpha value is -4.09. The number of hydrogen-bond acceptors (Lipinski definition) is 8. The highest BCUT2D eigenvalue weighted by atomic mass is 32.1. The van der Waals surface area contributed by atoms with Crippen molar-refractivity contribution in [3.05, 3.63) is 117 Å². The quantitative estimate of drug-likeness (QED) is 0.187. The van der Waals surface area contributed by atoms with Gasteiger partial charge < -0.3 is 20.5 Å². The zero-order valence-electron chi connectivity index (χ0n) is 25.0. The van der Waals surface area contributed by atoms with Crippen LogP contribution in [0.5, 0.6) is 5.75 Å². The van der Waals surface area contributed by atoms with Crippen molar-refractivity contribution in [2.75, 3.05) is 27.7 Å². The summed E-state index contributed by atoms with van der Waals surface area (Å²) in [6.07, 6.45) is -0.431. The third-order valence-electron chi connectivity index (χ3n) is 6.94. The Kier molecular flexibility index (Phi) is 11.4. The molecule has 0 aliphatic heterocycles. The summed E-state index contributed by atoms with van der Waals surface area (Å²) in [7, 11) is 5.22. The number of aromatic nitrogens is 1. The number of ether oxygens (including phenoxy) is 1. The van der Waals surface area contributed by atoms with Crippen molar-refractivity contribution in [2.24, 2.45) is 0 Å². The fourth-order valence-corrected chi connectivity index (χ4v) is 5.39. The third-order valence-corrected chi connectivity index (χ3v) is 7.89. The number of aliphatic hydroxyl groups is 1. The molecule has 2 amide bonds. The number of amides is 2. The first-order valence-corrected chi connectivity index (χ1v) is 15.0. The van der Waals surface area contributed by atoms with Crippen molar-refractivity contribution in [2.45, 2.75) is 38.6 Å². The van der Waals surface area contributed by atoms with Crippen LogP contribution >= 0.6 is 11.3 Å². The highest BCUT2D eigenvalue weighted by Gasteiger charge is 2.24. The summed E-state index contributed by atoms with van der Waals surface area (Å²) >= 11 is 1.50. The van der Waals surface area contributed by atoms with E-state index in [1.54, 1.807) is 55.5 Å².